The summed E-state index contributed by atoms with van der Waals surface area (Å²) in [7, 11) is 0. The van der Waals surface area contributed by atoms with Crippen molar-refractivity contribution >= 4 is 17.3 Å². The number of carbonyl (C=O) groups excluding carboxylic acids is 2. The Labute approximate surface area is 181 Å². The van der Waals surface area contributed by atoms with E-state index in [1.54, 1.807) is 23.2 Å². The molecule has 32 heavy (non-hydrogen) atoms. The van der Waals surface area contributed by atoms with Crippen molar-refractivity contribution < 1.29 is 32.2 Å². The topological polar surface area (TPSA) is 99.2 Å². The van der Waals surface area contributed by atoms with Crippen LogP contribution in [-0.2, 0) is 11.3 Å². The number of hydrogen-bond acceptors (Lipinski definition) is 5. The molecule has 2 heterocycles. The van der Waals surface area contributed by atoms with Gasteiger partial charge in [-0.05, 0) is 55.8 Å². The highest BCUT2D eigenvalue weighted by Crippen LogP contribution is 2.25. The summed E-state index contributed by atoms with van der Waals surface area (Å²) in [6.45, 7) is 3.62. The van der Waals surface area contributed by atoms with Gasteiger partial charge in [-0.2, -0.15) is 5.10 Å². The van der Waals surface area contributed by atoms with Gasteiger partial charge >= 0.3 is 6.36 Å². The van der Waals surface area contributed by atoms with E-state index in [0.717, 1.165) is 17.7 Å². The number of halogens is 3. The number of alkyl halides is 3. The summed E-state index contributed by atoms with van der Waals surface area (Å²) in [6.07, 6.45) is -1.74. The fourth-order valence-electron chi connectivity index (χ4n) is 3.03. The molecule has 170 valence electrons. The lowest BCUT2D eigenvalue weighted by atomic mass is 10.1. The summed E-state index contributed by atoms with van der Waals surface area (Å²) < 4.78 is 47.5. The van der Waals surface area contributed by atoms with Crippen molar-refractivity contribution in [1.82, 2.24) is 14.5 Å². The van der Waals surface area contributed by atoms with Crippen molar-refractivity contribution in [3.05, 3.63) is 59.9 Å². The van der Waals surface area contributed by atoms with E-state index >= 15 is 0 Å². The zero-order chi connectivity index (χ0) is 23.5. The van der Waals surface area contributed by atoms with Crippen LogP contribution in [0.3, 0.4) is 0 Å². The number of pyridine rings is 1. The fourth-order valence-corrected chi connectivity index (χ4v) is 3.03. The van der Waals surface area contributed by atoms with Crippen molar-refractivity contribution in [3.63, 3.8) is 0 Å². The molecule has 0 fully saturated rings. The van der Waals surface area contributed by atoms with Crippen molar-refractivity contribution in [2.45, 2.75) is 32.8 Å². The first kappa shape index (κ1) is 22.9. The maximum Gasteiger partial charge on any atom is 0.573 e. The maximum atomic E-state index is 12.7. The molecule has 0 spiro atoms. The second-order valence-electron chi connectivity index (χ2n) is 7.21. The lowest BCUT2D eigenvalue weighted by Gasteiger charge is -2.27. The molecule has 0 unspecified atom stereocenters. The van der Waals surface area contributed by atoms with Crippen LogP contribution in [0.1, 0.15) is 29.8 Å². The van der Waals surface area contributed by atoms with Crippen molar-refractivity contribution in [3.8, 4) is 11.5 Å². The van der Waals surface area contributed by atoms with Gasteiger partial charge in [-0.25, -0.2) is 4.52 Å². The Morgan fingerprint density at radius 2 is 1.81 bits per heavy atom. The molecule has 0 aliphatic rings. The predicted octanol–water partition coefficient (Wildman–Crippen LogP) is 3.15. The Morgan fingerprint density at radius 1 is 1.16 bits per heavy atom. The highest BCUT2D eigenvalue weighted by atomic mass is 19.4. The molecule has 2 aromatic heterocycles. The molecule has 0 aliphatic carbocycles. The minimum atomic E-state index is -4.78. The average molecular weight is 450 g/mol. The molecule has 8 nitrogen and oxygen atoms in total. The number of carbonyl (C=O) groups is 2. The number of hydrogen-bond donors (Lipinski definition) is 1. The first-order valence-electron chi connectivity index (χ1n) is 9.57. The van der Waals surface area contributed by atoms with E-state index in [2.05, 4.69) is 9.84 Å². The van der Waals surface area contributed by atoms with Crippen LogP contribution in [0.4, 0.5) is 13.2 Å². The van der Waals surface area contributed by atoms with Crippen LogP contribution in [0.15, 0.2) is 48.8 Å². The number of rotatable bonds is 8. The SMILES string of the molecule is CC(C)N(Cc1ccn2ncc(C(N)=O)c2c1)C(=O)COc1ccc(OC(F)(F)F)cc1. The van der Waals surface area contributed by atoms with Crippen molar-refractivity contribution in [2.75, 3.05) is 6.61 Å². The monoisotopic (exact) mass is 450 g/mol. The molecule has 2 N–H and O–H groups in total. The summed E-state index contributed by atoms with van der Waals surface area (Å²) >= 11 is 0. The van der Waals surface area contributed by atoms with Crippen LogP contribution >= 0.6 is 0 Å². The van der Waals surface area contributed by atoms with Crippen molar-refractivity contribution in [1.29, 1.82) is 0 Å². The smallest absolute Gasteiger partial charge is 0.484 e. The van der Waals surface area contributed by atoms with E-state index in [9.17, 15) is 22.8 Å². The normalized spacial score (nSPS) is 11.6. The highest BCUT2D eigenvalue weighted by Gasteiger charge is 2.31. The van der Waals surface area contributed by atoms with Gasteiger partial charge in [0, 0.05) is 18.8 Å². The number of aromatic nitrogens is 2. The lowest BCUT2D eigenvalue weighted by molar-refractivity contribution is -0.274. The summed E-state index contributed by atoms with van der Waals surface area (Å²) in [4.78, 5) is 25.9. The minimum Gasteiger partial charge on any atom is -0.484 e. The molecule has 0 saturated heterocycles. The molecular formula is C21H21F3N4O4. The van der Waals surface area contributed by atoms with Crippen LogP contribution in [0.5, 0.6) is 11.5 Å². The van der Waals surface area contributed by atoms with Gasteiger partial charge in [-0.3, -0.25) is 9.59 Å². The second kappa shape index (κ2) is 9.16. The first-order chi connectivity index (χ1) is 15.0. The van der Waals surface area contributed by atoms with E-state index in [-0.39, 0.29) is 42.2 Å². The number of amides is 2. The van der Waals surface area contributed by atoms with Gasteiger partial charge < -0.3 is 20.1 Å². The van der Waals surface area contributed by atoms with Gasteiger partial charge in [0.2, 0.25) is 0 Å². The summed E-state index contributed by atoms with van der Waals surface area (Å²) in [5, 5.41) is 4.06. The molecule has 11 heteroatoms. The third-order valence-electron chi connectivity index (χ3n) is 4.57. The van der Waals surface area contributed by atoms with E-state index in [0.29, 0.717) is 5.52 Å². The molecule has 1 aromatic carbocycles. The van der Waals surface area contributed by atoms with Gasteiger partial charge in [-0.1, -0.05) is 0 Å². The summed E-state index contributed by atoms with van der Waals surface area (Å²) in [5.74, 6) is -1.08. The van der Waals surface area contributed by atoms with E-state index < -0.39 is 12.3 Å². The van der Waals surface area contributed by atoms with Gasteiger partial charge in [0.05, 0.1) is 17.3 Å². The molecule has 0 saturated carbocycles. The largest absolute Gasteiger partial charge is 0.573 e. The molecule has 0 aliphatic heterocycles. The number of ether oxygens (including phenoxy) is 2. The van der Waals surface area contributed by atoms with Gasteiger partial charge in [0.1, 0.15) is 11.5 Å². The molecule has 0 atom stereocenters. The first-order valence-corrected chi connectivity index (χ1v) is 9.57. The zero-order valence-electron chi connectivity index (χ0n) is 17.3. The van der Waals surface area contributed by atoms with Gasteiger partial charge in [0.25, 0.3) is 11.8 Å². The zero-order valence-corrected chi connectivity index (χ0v) is 17.3. The molecular weight excluding hydrogens is 429 g/mol. The van der Waals surface area contributed by atoms with Crippen molar-refractivity contribution in [2.24, 2.45) is 5.73 Å². The molecule has 0 radical (unpaired) electrons. The Bertz CT molecular complexity index is 1110. The Morgan fingerprint density at radius 3 is 2.41 bits per heavy atom. The van der Waals surface area contributed by atoms with E-state index in [1.807, 2.05) is 13.8 Å². The maximum absolute atomic E-state index is 12.7. The Hall–Kier alpha value is -3.76. The van der Waals surface area contributed by atoms with Crippen LogP contribution in [0.2, 0.25) is 0 Å². The van der Waals surface area contributed by atoms with Gasteiger partial charge in [0.15, 0.2) is 6.61 Å². The number of benzene rings is 1. The number of nitrogens with two attached hydrogens (primary N) is 1. The highest BCUT2D eigenvalue weighted by molar-refractivity contribution is 5.99. The summed E-state index contributed by atoms with van der Waals surface area (Å²) in [5.41, 5.74) is 6.93. The van der Waals surface area contributed by atoms with Crippen LogP contribution in [0.25, 0.3) is 5.52 Å². The predicted molar refractivity (Wildman–Crippen MR) is 108 cm³/mol. The van der Waals surface area contributed by atoms with Crippen LogP contribution in [0, 0.1) is 0 Å². The Balaban J connectivity index is 1.67. The second-order valence-corrected chi connectivity index (χ2v) is 7.21. The van der Waals surface area contributed by atoms with Crippen LogP contribution < -0.4 is 15.2 Å². The lowest BCUT2D eigenvalue weighted by Crippen LogP contribution is -2.39. The molecule has 0 bridgehead atoms. The van der Waals surface area contributed by atoms with Gasteiger partial charge in [-0.15, -0.1) is 13.2 Å². The molecule has 2 amide bonds. The fraction of sp³-hybridized carbons (Fsp3) is 0.286. The van der Waals surface area contributed by atoms with Crippen LogP contribution in [-0.4, -0.2) is 45.3 Å². The molecule has 3 aromatic rings. The average Bonchev–Trinajstić information content (AvgIpc) is 3.13. The summed E-state index contributed by atoms with van der Waals surface area (Å²) in [6, 6.07) is 8.11. The number of nitrogens with zero attached hydrogens (tertiary/aromatic N) is 3. The number of fused-ring (bicyclic) bond motifs is 1. The number of primary amides is 1. The third-order valence-corrected chi connectivity index (χ3v) is 4.57. The third kappa shape index (κ3) is 5.68. The minimum absolute atomic E-state index is 0.162. The van der Waals surface area contributed by atoms with E-state index in [1.165, 1.54) is 22.8 Å². The quantitative estimate of drug-likeness (QED) is 0.569. The van der Waals surface area contributed by atoms with E-state index in [4.69, 9.17) is 10.5 Å². The molecule has 3 rings (SSSR count). The Kier molecular flexibility index (Phi) is 6.56. The standard InChI is InChI=1S/C21H21F3N4O4/c1-13(2)27(11-14-7-8-28-18(9-14)17(10-26-28)20(25)30)19(29)12-31-15-3-5-16(6-4-15)32-21(22,23)24/h3-10,13H,11-12H2,1-2H3,(H2,25,30).